The van der Waals surface area contributed by atoms with Crippen LogP contribution in [0.2, 0.25) is 0 Å². The van der Waals surface area contributed by atoms with Crippen molar-refractivity contribution in [2.24, 2.45) is 7.05 Å². The van der Waals surface area contributed by atoms with E-state index in [4.69, 9.17) is 0 Å². The van der Waals surface area contributed by atoms with Crippen molar-refractivity contribution < 1.29 is 8.42 Å². The molecule has 6 nitrogen and oxygen atoms in total. The van der Waals surface area contributed by atoms with Gasteiger partial charge in [0.1, 0.15) is 4.90 Å². The van der Waals surface area contributed by atoms with E-state index >= 15 is 0 Å². The van der Waals surface area contributed by atoms with E-state index in [9.17, 15) is 8.42 Å². The molecule has 1 aromatic heterocycles. The summed E-state index contributed by atoms with van der Waals surface area (Å²) in [6.45, 7) is 2.01. The molecule has 0 aliphatic carbocycles. The zero-order valence-corrected chi connectivity index (χ0v) is 12.5. The molecule has 2 rings (SSSR count). The van der Waals surface area contributed by atoms with Crippen molar-refractivity contribution in [3.63, 3.8) is 0 Å². The standard InChI is InChI=1S/C13H18N4O2S/c1-10(14-2)11-5-4-6-12(7-11)16-20(18,19)13-8-15-17(3)9-13/h4-10,14,16H,1-3H3. The second kappa shape index (κ2) is 5.64. The number of hydrogen-bond acceptors (Lipinski definition) is 4. The third kappa shape index (κ3) is 3.17. The maximum absolute atomic E-state index is 12.2. The highest BCUT2D eigenvalue weighted by atomic mass is 32.2. The average Bonchev–Trinajstić information content (AvgIpc) is 2.85. The first-order valence-electron chi connectivity index (χ1n) is 6.21. The molecular weight excluding hydrogens is 276 g/mol. The summed E-state index contributed by atoms with van der Waals surface area (Å²) in [4.78, 5) is 0.145. The molecule has 1 atom stereocenters. The lowest BCUT2D eigenvalue weighted by Gasteiger charge is -2.13. The Bertz CT molecular complexity index is 694. The van der Waals surface area contributed by atoms with E-state index in [-0.39, 0.29) is 10.9 Å². The van der Waals surface area contributed by atoms with Crippen molar-refractivity contribution in [3.8, 4) is 0 Å². The van der Waals surface area contributed by atoms with Crippen LogP contribution in [-0.4, -0.2) is 25.2 Å². The molecule has 2 aromatic rings. The van der Waals surface area contributed by atoms with E-state index in [1.54, 1.807) is 13.1 Å². The molecule has 0 saturated heterocycles. The number of anilines is 1. The average molecular weight is 294 g/mol. The first-order chi connectivity index (χ1) is 9.42. The lowest BCUT2D eigenvalue weighted by Crippen LogP contribution is -2.14. The van der Waals surface area contributed by atoms with Crippen LogP contribution in [0.25, 0.3) is 0 Å². The Morgan fingerprint density at radius 1 is 1.35 bits per heavy atom. The summed E-state index contributed by atoms with van der Waals surface area (Å²) in [5, 5.41) is 6.99. The Kier molecular flexibility index (Phi) is 4.10. The number of nitrogens with one attached hydrogen (secondary N) is 2. The topological polar surface area (TPSA) is 76.0 Å². The largest absolute Gasteiger partial charge is 0.313 e. The summed E-state index contributed by atoms with van der Waals surface area (Å²) in [5.41, 5.74) is 1.55. The normalized spacial score (nSPS) is 13.2. The molecule has 1 heterocycles. The Morgan fingerprint density at radius 2 is 2.10 bits per heavy atom. The number of nitrogens with zero attached hydrogens (tertiary/aromatic N) is 2. The van der Waals surface area contributed by atoms with Gasteiger partial charge in [0.25, 0.3) is 10.0 Å². The van der Waals surface area contributed by atoms with Gasteiger partial charge < -0.3 is 5.32 Å². The Balaban J connectivity index is 2.26. The minimum Gasteiger partial charge on any atom is -0.313 e. The first kappa shape index (κ1) is 14.5. The Labute approximate surface area is 118 Å². The third-order valence-electron chi connectivity index (χ3n) is 3.06. The lowest BCUT2D eigenvalue weighted by atomic mass is 10.1. The molecule has 20 heavy (non-hydrogen) atoms. The molecule has 2 N–H and O–H groups in total. The van der Waals surface area contributed by atoms with E-state index < -0.39 is 10.0 Å². The quantitative estimate of drug-likeness (QED) is 0.876. The van der Waals surface area contributed by atoms with Gasteiger partial charge in [-0.15, -0.1) is 0 Å². The van der Waals surface area contributed by atoms with Gasteiger partial charge in [0.2, 0.25) is 0 Å². The number of benzene rings is 1. The van der Waals surface area contributed by atoms with E-state index in [2.05, 4.69) is 15.1 Å². The van der Waals surface area contributed by atoms with Crippen LogP contribution >= 0.6 is 0 Å². The van der Waals surface area contributed by atoms with Crippen LogP contribution in [0.3, 0.4) is 0 Å². The van der Waals surface area contributed by atoms with Crippen LogP contribution in [-0.2, 0) is 17.1 Å². The van der Waals surface area contributed by atoms with Gasteiger partial charge in [0.15, 0.2) is 0 Å². The number of aromatic nitrogens is 2. The van der Waals surface area contributed by atoms with Crippen LogP contribution in [0.15, 0.2) is 41.6 Å². The highest BCUT2D eigenvalue weighted by molar-refractivity contribution is 7.92. The van der Waals surface area contributed by atoms with Gasteiger partial charge in [-0.2, -0.15) is 5.10 Å². The fourth-order valence-corrected chi connectivity index (χ4v) is 2.82. The first-order valence-corrected chi connectivity index (χ1v) is 7.69. The van der Waals surface area contributed by atoms with E-state index in [0.717, 1.165) is 5.56 Å². The number of sulfonamides is 1. The van der Waals surface area contributed by atoms with Crippen molar-refractivity contribution in [3.05, 3.63) is 42.2 Å². The molecule has 108 valence electrons. The molecule has 0 spiro atoms. The molecule has 0 saturated carbocycles. The Hall–Kier alpha value is -1.86. The SMILES string of the molecule is CNC(C)c1cccc(NS(=O)(=O)c2cnn(C)c2)c1. The zero-order valence-electron chi connectivity index (χ0n) is 11.7. The number of rotatable bonds is 5. The van der Waals surface area contributed by atoms with Crippen LogP contribution in [0.4, 0.5) is 5.69 Å². The Morgan fingerprint density at radius 3 is 2.70 bits per heavy atom. The molecule has 0 fully saturated rings. The summed E-state index contributed by atoms with van der Waals surface area (Å²) in [6, 6.07) is 7.46. The fraction of sp³-hybridized carbons (Fsp3) is 0.308. The second-order valence-corrected chi connectivity index (χ2v) is 6.27. The van der Waals surface area contributed by atoms with Gasteiger partial charge in [0.05, 0.1) is 6.20 Å². The maximum Gasteiger partial charge on any atom is 0.265 e. The van der Waals surface area contributed by atoms with E-state index in [1.807, 2.05) is 32.2 Å². The van der Waals surface area contributed by atoms with E-state index in [1.165, 1.54) is 17.1 Å². The summed E-state index contributed by atoms with van der Waals surface area (Å²) in [5.74, 6) is 0. The van der Waals surface area contributed by atoms with Crippen LogP contribution < -0.4 is 10.0 Å². The van der Waals surface area contributed by atoms with Crippen molar-refractivity contribution in [2.45, 2.75) is 17.9 Å². The fourth-order valence-electron chi connectivity index (χ4n) is 1.79. The van der Waals surface area contributed by atoms with Crippen molar-refractivity contribution in [1.82, 2.24) is 15.1 Å². The zero-order chi connectivity index (χ0) is 14.8. The molecular formula is C13H18N4O2S. The molecule has 1 aromatic carbocycles. The van der Waals surface area contributed by atoms with Gasteiger partial charge in [-0.3, -0.25) is 9.40 Å². The van der Waals surface area contributed by atoms with Crippen molar-refractivity contribution >= 4 is 15.7 Å². The van der Waals surface area contributed by atoms with Gasteiger partial charge >= 0.3 is 0 Å². The molecule has 0 amide bonds. The molecule has 0 radical (unpaired) electrons. The molecule has 1 unspecified atom stereocenters. The summed E-state index contributed by atoms with van der Waals surface area (Å²) >= 11 is 0. The van der Waals surface area contributed by atoms with Gasteiger partial charge in [-0.1, -0.05) is 12.1 Å². The minimum atomic E-state index is -3.60. The van der Waals surface area contributed by atoms with Crippen molar-refractivity contribution in [2.75, 3.05) is 11.8 Å². The van der Waals surface area contributed by atoms with Gasteiger partial charge in [-0.25, -0.2) is 8.42 Å². The van der Waals surface area contributed by atoms with Crippen LogP contribution in [0.5, 0.6) is 0 Å². The smallest absolute Gasteiger partial charge is 0.265 e. The highest BCUT2D eigenvalue weighted by Gasteiger charge is 2.16. The predicted octanol–water partition coefficient (Wildman–Crippen LogP) is 1.50. The third-order valence-corrected chi connectivity index (χ3v) is 4.40. The monoisotopic (exact) mass is 294 g/mol. The maximum atomic E-state index is 12.2. The predicted molar refractivity (Wildman–Crippen MR) is 77.9 cm³/mol. The summed E-state index contributed by atoms with van der Waals surface area (Å²) in [7, 11) is -0.0623. The van der Waals surface area contributed by atoms with Gasteiger partial charge in [-0.05, 0) is 31.7 Å². The number of hydrogen-bond donors (Lipinski definition) is 2. The number of aryl methyl sites for hydroxylation is 1. The molecule has 7 heteroatoms. The highest BCUT2D eigenvalue weighted by Crippen LogP contribution is 2.20. The summed E-state index contributed by atoms with van der Waals surface area (Å²) < 4.78 is 28.4. The van der Waals surface area contributed by atoms with Gasteiger partial charge in [0, 0.05) is 25.0 Å². The molecule has 0 bridgehead atoms. The second-order valence-electron chi connectivity index (χ2n) is 4.59. The molecule has 0 aliphatic rings. The van der Waals surface area contributed by atoms with E-state index in [0.29, 0.717) is 5.69 Å². The van der Waals surface area contributed by atoms with Crippen LogP contribution in [0.1, 0.15) is 18.5 Å². The molecule has 0 aliphatic heterocycles. The lowest BCUT2D eigenvalue weighted by molar-refractivity contribution is 0.601. The summed E-state index contributed by atoms with van der Waals surface area (Å²) in [6.07, 6.45) is 2.78. The minimum absolute atomic E-state index is 0.145. The van der Waals surface area contributed by atoms with Crippen LogP contribution in [0, 0.1) is 0 Å². The van der Waals surface area contributed by atoms with Crippen molar-refractivity contribution in [1.29, 1.82) is 0 Å².